The van der Waals surface area contributed by atoms with E-state index in [-0.39, 0.29) is 0 Å². The highest BCUT2D eigenvalue weighted by atomic mass is 16.5. The van der Waals surface area contributed by atoms with E-state index < -0.39 is 0 Å². The van der Waals surface area contributed by atoms with Crippen molar-refractivity contribution in [1.29, 1.82) is 0 Å². The van der Waals surface area contributed by atoms with Crippen LogP contribution in [0.4, 0.5) is 0 Å². The molecule has 1 unspecified atom stereocenters. The smallest absolute Gasteiger partial charge is 0.0480 e. The van der Waals surface area contributed by atoms with Crippen LogP contribution in [0.25, 0.3) is 0 Å². The first-order valence-corrected chi connectivity index (χ1v) is 7.55. The van der Waals surface area contributed by atoms with Crippen molar-refractivity contribution in [3.63, 3.8) is 0 Å². The van der Waals surface area contributed by atoms with E-state index in [2.05, 4.69) is 51.2 Å². The molecule has 2 nitrogen and oxygen atoms in total. The summed E-state index contributed by atoms with van der Waals surface area (Å²) in [6, 6.07) is 7.08. The fraction of sp³-hybridized carbons (Fsp3) is 0.647. The molecule has 1 atom stereocenters. The summed E-state index contributed by atoms with van der Waals surface area (Å²) in [5, 5.41) is 3.65. The summed E-state index contributed by atoms with van der Waals surface area (Å²) >= 11 is 0. The Morgan fingerprint density at radius 1 is 1.16 bits per heavy atom. The highest BCUT2D eigenvalue weighted by molar-refractivity contribution is 5.34. The number of hydrogen-bond donors (Lipinski definition) is 1. The third kappa shape index (κ3) is 5.75. The number of benzene rings is 1. The van der Waals surface area contributed by atoms with E-state index in [1.807, 2.05) is 0 Å². The van der Waals surface area contributed by atoms with Crippen molar-refractivity contribution in [2.45, 2.75) is 53.0 Å². The first kappa shape index (κ1) is 16.2. The standard InChI is InChI=1S/C17H29NO/c1-5-11-18-16(10-12-19-6-2)13-17-14(3)8-7-9-15(17)4/h7-9,16,18H,5-6,10-13H2,1-4H3. The lowest BCUT2D eigenvalue weighted by Crippen LogP contribution is -2.33. The lowest BCUT2D eigenvalue weighted by molar-refractivity contribution is 0.136. The Labute approximate surface area is 118 Å². The number of aryl methyl sites for hydroxylation is 2. The van der Waals surface area contributed by atoms with Gasteiger partial charge in [0.25, 0.3) is 0 Å². The molecule has 1 aromatic rings. The van der Waals surface area contributed by atoms with Crippen molar-refractivity contribution in [2.24, 2.45) is 0 Å². The summed E-state index contributed by atoms with van der Waals surface area (Å²) in [6.07, 6.45) is 3.37. The van der Waals surface area contributed by atoms with E-state index in [1.165, 1.54) is 23.1 Å². The van der Waals surface area contributed by atoms with Gasteiger partial charge in [0.05, 0.1) is 0 Å². The summed E-state index contributed by atoms with van der Waals surface area (Å²) < 4.78 is 5.50. The second kappa shape index (κ2) is 9.11. The molecule has 0 aromatic heterocycles. The number of hydrogen-bond acceptors (Lipinski definition) is 2. The molecule has 0 amide bonds. The molecule has 0 radical (unpaired) electrons. The van der Waals surface area contributed by atoms with Gasteiger partial charge < -0.3 is 10.1 Å². The van der Waals surface area contributed by atoms with Crippen LogP contribution >= 0.6 is 0 Å². The quantitative estimate of drug-likeness (QED) is 0.687. The van der Waals surface area contributed by atoms with Gasteiger partial charge >= 0.3 is 0 Å². The van der Waals surface area contributed by atoms with Crippen LogP contribution in [0.1, 0.15) is 43.4 Å². The summed E-state index contributed by atoms with van der Waals surface area (Å²) in [5.74, 6) is 0. The van der Waals surface area contributed by atoms with Crippen LogP contribution in [0, 0.1) is 13.8 Å². The predicted molar refractivity (Wildman–Crippen MR) is 82.8 cm³/mol. The predicted octanol–water partition coefficient (Wildman–Crippen LogP) is 3.64. The van der Waals surface area contributed by atoms with Crippen molar-refractivity contribution in [1.82, 2.24) is 5.32 Å². The zero-order chi connectivity index (χ0) is 14.1. The van der Waals surface area contributed by atoms with Crippen molar-refractivity contribution in [3.8, 4) is 0 Å². The minimum absolute atomic E-state index is 0.520. The van der Waals surface area contributed by atoms with E-state index in [4.69, 9.17) is 4.74 Å². The first-order chi connectivity index (χ1) is 9.19. The molecule has 0 aliphatic rings. The molecule has 108 valence electrons. The van der Waals surface area contributed by atoms with Crippen LogP contribution in [0.15, 0.2) is 18.2 Å². The van der Waals surface area contributed by atoms with Gasteiger partial charge in [-0.15, -0.1) is 0 Å². The van der Waals surface area contributed by atoms with Crippen molar-refractivity contribution in [2.75, 3.05) is 19.8 Å². The van der Waals surface area contributed by atoms with E-state index in [1.54, 1.807) is 0 Å². The first-order valence-electron chi connectivity index (χ1n) is 7.55. The summed E-state index contributed by atoms with van der Waals surface area (Å²) in [4.78, 5) is 0. The molecule has 0 fully saturated rings. The topological polar surface area (TPSA) is 21.3 Å². The van der Waals surface area contributed by atoms with Crippen LogP contribution in [-0.4, -0.2) is 25.8 Å². The molecule has 0 saturated carbocycles. The SMILES string of the molecule is CCCNC(CCOCC)Cc1c(C)cccc1C. The Morgan fingerprint density at radius 3 is 2.42 bits per heavy atom. The Hall–Kier alpha value is -0.860. The lowest BCUT2D eigenvalue weighted by Gasteiger charge is -2.21. The molecule has 2 heteroatoms. The number of ether oxygens (including phenoxy) is 1. The summed E-state index contributed by atoms with van der Waals surface area (Å²) in [6.45, 7) is 11.4. The zero-order valence-corrected chi connectivity index (χ0v) is 13.0. The van der Waals surface area contributed by atoms with E-state index in [0.29, 0.717) is 6.04 Å². The Bertz CT molecular complexity index is 342. The molecule has 0 spiro atoms. The van der Waals surface area contributed by atoms with E-state index >= 15 is 0 Å². The second-order valence-corrected chi connectivity index (χ2v) is 5.21. The van der Waals surface area contributed by atoms with Gasteiger partial charge in [0.1, 0.15) is 0 Å². The molecular formula is C17H29NO. The monoisotopic (exact) mass is 263 g/mol. The molecular weight excluding hydrogens is 234 g/mol. The average Bonchev–Trinajstić information content (AvgIpc) is 2.39. The fourth-order valence-electron chi connectivity index (χ4n) is 2.41. The van der Waals surface area contributed by atoms with Crippen molar-refractivity contribution < 1.29 is 4.74 Å². The van der Waals surface area contributed by atoms with Gasteiger partial charge in [0, 0.05) is 19.3 Å². The number of rotatable bonds is 9. The molecule has 19 heavy (non-hydrogen) atoms. The van der Waals surface area contributed by atoms with Gasteiger partial charge in [-0.25, -0.2) is 0 Å². The molecule has 1 N–H and O–H groups in total. The van der Waals surface area contributed by atoms with Gasteiger partial charge in [0.2, 0.25) is 0 Å². The lowest BCUT2D eigenvalue weighted by atomic mass is 9.95. The maximum atomic E-state index is 5.50. The van der Waals surface area contributed by atoms with Gasteiger partial charge in [-0.3, -0.25) is 0 Å². The normalized spacial score (nSPS) is 12.6. The molecule has 0 bridgehead atoms. The van der Waals surface area contributed by atoms with Gasteiger partial charge in [-0.1, -0.05) is 25.1 Å². The third-order valence-corrected chi connectivity index (χ3v) is 3.59. The Balaban J connectivity index is 2.64. The van der Waals surface area contributed by atoms with Crippen LogP contribution in [0.2, 0.25) is 0 Å². The van der Waals surface area contributed by atoms with Crippen LogP contribution < -0.4 is 5.32 Å². The molecule has 1 rings (SSSR count). The average molecular weight is 263 g/mol. The molecule has 0 aliphatic carbocycles. The minimum atomic E-state index is 0.520. The van der Waals surface area contributed by atoms with Crippen LogP contribution in [0.3, 0.4) is 0 Å². The molecule has 0 saturated heterocycles. The maximum absolute atomic E-state index is 5.50. The molecule has 0 heterocycles. The molecule has 0 aliphatic heterocycles. The highest BCUT2D eigenvalue weighted by Gasteiger charge is 2.11. The highest BCUT2D eigenvalue weighted by Crippen LogP contribution is 2.16. The van der Waals surface area contributed by atoms with E-state index in [9.17, 15) is 0 Å². The van der Waals surface area contributed by atoms with Gasteiger partial charge in [-0.2, -0.15) is 0 Å². The van der Waals surface area contributed by atoms with Gasteiger partial charge in [0.15, 0.2) is 0 Å². The van der Waals surface area contributed by atoms with Crippen LogP contribution in [-0.2, 0) is 11.2 Å². The van der Waals surface area contributed by atoms with E-state index in [0.717, 1.165) is 32.6 Å². The Kier molecular flexibility index (Phi) is 7.76. The van der Waals surface area contributed by atoms with Crippen molar-refractivity contribution >= 4 is 0 Å². The largest absolute Gasteiger partial charge is 0.382 e. The third-order valence-electron chi connectivity index (χ3n) is 3.59. The maximum Gasteiger partial charge on any atom is 0.0480 e. The molecule has 1 aromatic carbocycles. The number of nitrogens with one attached hydrogen (secondary N) is 1. The summed E-state index contributed by atoms with van der Waals surface area (Å²) in [5.41, 5.74) is 4.30. The minimum Gasteiger partial charge on any atom is -0.382 e. The zero-order valence-electron chi connectivity index (χ0n) is 13.0. The van der Waals surface area contributed by atoms with Crippen molar-refractivity contribution in [3.05, 3.63) is 34.9 Å². The summed E-state index contributed by atoms with van der Waals surface area (Å²) in [7, 11) is 0. The van der Waals surface area contributed by atoms with Crippen LogP contribution in [0.5, 0.6) is 0 Å². The Morgan fingerprint density at radius 2 is 1.84 bits per heavy atom. The second-order valence-electron chi connectivity index (χ2n) is 5.21. The fourth-order valence-corrected chi connectivity index (χ4v) is 2.41. The van der Waals surface area contributed by atoms with Gasteiger partial charge in [-0.05, 0) is 63.3 Å².